The summed E-state index contributed by atoms with van der Waals surface area (Å²) < 4.78 is 7.68. The van der Waals surface area contributed by atoms with Crippen LogP contribution in [0.5, 0.6) is 17.2 Å². The second-order valence-corrected chi connectivity index (χ2v) is 8.23. The van der Waals surface area contributed by atoms with Crippen molar-refractivity contribution < 1.29 is 19.7 Å². The van der Waals surface area contributed by atoms with Gasteiger partial charge in [0.25, 0.3) is 0 Å². The number of rotatable bonds is 4. The van der Waals surface area contributed by atoms with Crippen LogP contribution in [0.4, 0.5) is 0 Å². The Kier molecular flexibility index (Phi) is 4.74. The van der Waals surface area contributed by atoms with E-state index in [0.717, 1.165) is 16.8 Å². The molecule has 30 heavy (non-hydrogen) atoms. The number of benzene rings is 3. The smallest absolute Gasteiger partial charge is 0.356 e. The molecule has 0 amide bonds. The molecule has 0 fully saturated rings. The van der Waals surface area contributed by atoms with Crippen molar-refractivity contribution in [1.29, 1.82) is 0 Å². The number of fused-ring (bicyclic) bond motifs is 1. The number of nitrogens with zero attached hydrogens (tertiary/aromatic N) is 1. The zero-order chi connectivity index (χ0) is 21.5. The SMILES string of the molecule is CC(C)(C)c1ccc(-n2c(C(=O)O)c(Oc3cccc(O)c3)c3ccccc32)cc1. The van der Waals surface area contributed by atoms with Gasteiger partial charge in [-0.2, -0.15) is 0 Å². The summed E-state index contributed by atoms with van der Waals surface area (Å²) in [7, 11) is 0. The van der Waals surface area contributed by atoms with Gasteiger partial charge >= 0.3 is 5.97 Å². The van der Waals surface area contributed by atoms with Gasteiger partial charge < -0.3 is 19.5 Å². The van der Waals surface area contributed by atoms with Crippen molar-refractivity contribution in [3.05, 3.63) is 84.1 Å². The molecule has 0 aliphatic carbocycles. The Morgan fingerprint density at radius 1 is 0.933 bits per heavy atom. The molecule has 0 bridgehead atoms. The van der Waals surface area contributed by atoms with Crippen LogP contribution in [0.3, 0.4) is 0 Å². The molecule has 0 radical (unpaired) electrons. The maximum atomic E-state index is 12.3. The van der Waals surface area contributed by atoms with Gasteiger partial charge in [-0.15, -0.1) is 0 Å². The van der Waals surface area contributed by atoms with Gasteiger partial charge in [0.05, 0.1) is 5.52 Å². The molecular weight excluding hydrogens is 378 g/mol. The Balaban J connectivity index is 1.94. The summed E-state index contributed by atoms with van der Waals surface area (Å²) in [6.45, 7) is 6.41. The standard InChI is InChI=1S/C25H23NO4/c1-25(2,3)16-11-13-17(14-12-16)26-21-10-5-4-9-20(21)23(22(26)24(28)29)30-19-8-6-7-18(27)15-19/h4-15,27H,1-3H3,(H,28,29). The highest BCUT2D eigenvalue weighted by Crippen LogP contribution is 2.39. The monoisotopic (exact) mass is 401 g/mol. The second-order valence-electron chi connectivity index (χ2n) is 8.23. The lowest BCUT2D eigenvalue weighted by Crippen LogP contribution is -2.12. The predicted molar refractivity (Wildman–Crippen MR) is 117 cm³/mol. The van der Waals surface area contributed by atoms with Crippen LogP contribution < -0.4 is 4.74 Å². The van der Waals surface area contributed by atoms with E-state index in [1.165, 1.54) is 12.1 Å². The molecule has 0 aliphatic rings. The van der Waals surface area contributed by atoms with E-state index in [0.29, 0.717) is 11.1 Å². The normalized spacial score (nSPS) is 11.6. The van der Waals surface area contributed by atoms with E-state index < -0.39 is 5.97 Å². The van der Waals surface area contributed by atoms with E-state index in [1.54, 1.807) is 16.7 Å². The summed E-state index contributed by atoms with van der Waals surface area (Å²) in [5, 5.41) is 20.5. The lowest BCUT2D eigenvalue weighted by Gasteiger charge is -2.19. The van der Waals surface area contributed by atoms with Crippen LogP contribution in [0.2, 0.25) is 0 Å². The Labute approximate surface area is 174 Å². The molecule has 5 nitrogen and oxygen atoms in total. The minimum atomic E-state index is -1.10. The Morgan fingerprint density at radius 3 is 2.27 bits per heavy atom. The number of aromatic nitrogens is 1. The molecule has 152 valence electrons. The van der Waals surface area contributed by atoms with Crippen LogP contribution >= 0.6 is 0 Å². The molecule has 0 saturated carbocycles. The summed E-state index contributed by atoms with van der Waals surface area (Å²) in [5.74, 6) is -0.445. The summed E-state index contributed by atoms with van der Waals surface area (Å²) in [5.41, 5.74) is 2.66. The van der Waals surface area contributed by atoms with Crippen LogP contribution in [0.15, 0.2) is 72.8 Å². The highest BCUT2D eigenvalue weighted by molar-refractivity contribution is 6.02. The fourth-order valence-corrected chi connectivity index (χ4v) is 3.55. The van der Waals surface area contributed by atoms with Gasteiger partial charge in [-0.3, -0.25) is 0 Å². The zero-order valence-electron chi connectivity index (χ0n) is 17.1. The van der Waals surface area contributed by atoms with Crippen LogP contribution in [0, 0.1) is 0 Å². The molecule has 0 saturated heterocycles. The summed E-state index contributed by atoms with van der Waals surface area (Å²) in [6, 6.07) is 21.6. The van der Waals surface area contributed by atoms with Gasteiger partial charge in [-0.1, -0.05) is 51.1 Å². The van der Waals surface area contributed by atoms with Gasteiger partial charge in [-0.05, 0) is 47.4 Å². The third-order valence-electron chi connectivity index (χ3n) is 5.06. The molecule has 4 rings (SSSR count). The lowest BCUT2D eigenvalue weighted by molar-refractivity contribution is 0.0686. The van der Waals surface area contributed by atoms with Gasteiger partial charge in [0.1, 0.15) is 11.5 Å². The minimum Gasteiger partial charge on any atom is -0.508 e. The molecule has 4 aromatic rings. The number of aromatic hydroxyl groups is 1. The number of para-hydroxylation sites is 1. The Hall–Kier alpha value is -3.73. The van der Waals surface area contributed by atoms with Crippen LogP contribution in [-0.2, 0) is 5.41 Å². The third-order valence-corrected chi connectivity index (χ3v) is 5.06. The van der Waals surface area contributed by atoms with Crippen molar-refractivity contribution in [2.75, 3.05) is 0 Å². The number of hydrogen-bond donors (Lipinski definition) is 2. The number of carboxylic acids is 1. The Bertz CT molecular complexity index is 1230. The number of phenols is 1. The van der Waals surface area contributed by atoms with E-state index in [-0.39, 0.29) is 22.6 Å². The first-order chi connectivity index (χ1) is 14.3. The molecule has 1 aromatic heterocycles. The van der Waals surface area contributed by atoms with Crippen molar-refractivity contribution in [2.45, 2.75) is 26.2 Å². The topological polar surface area (TPSA) is 71.7 Å². The fraction of sp³-hybridized carbons (Fsp3) is 0.160. The lowest BCUT2D eigenvalue weighted by atomic mass is 9.87. The van der Waals surface area contributed by atoms with E-state index in [4.69, 9.17) is 4.74 Å². The number of carbonyl (C=O) groups is 1. The van der Waals surface area contributed by atoms with Crippen molar-refractivity contribution in [1.82, 2.24) is 4.57 Å². The quantitative estimate of drug-likeness (QED) is 0.432. The first-order valence-corrected chi connectivity index (χ1v) is 9.70. The van der Waals surface area contributed by atoms with E-state index in [1.807, 2.05) is 48.5 Å². The summed E-state index contributed by atoms with van der Waals surface area (Å²) >= 11 is 0. The van der Waals surface area contributed by atoms with Crippen LogP contribution in [0.25, 0.3) is 16.6 Å². The van der Waals surface area contributed by atoms with Crippen LogP contribution in [-0.4, -0.2) is 20.7 Å². The Morgan fingerprint density at radius 2 is 1.63 bits per heavy atom. The number of hydrogen-bond acceptors (Lipinski definition) is 3. The largest absolute Gasteiger partial charge is 0.508 e. The number of ether oxygens (including phenoxy) is 1. The molecule has 0 unspecified atom stereocenters. The molecule has 0 aliphatic heterocycles. The maximum absolute atomic E-state index is 12.3. The van der Waals surface area contributed by atoms with Gasteiger partial charge in [-0.25, -0.2) is 4.79 Å². The zero-order valence-corrected chi connectivity index (χ0v) is 17.1. The van der Waals surface area contributed by atoms with Crippen molar-refractivity contribution in [3.8, 4) is 22.9 Å². The second kappa shape index (κ2) is 7.26. The van der Waals surface area contributed by atoms with E-state index in [2.05, 4.69) is 20.8 Å². The molecule has 0 spiro atoms. The third kappa shape index (κ3) is 3.50. The van der Waals surface area contributed by atoms with Crippen molar-refractivity contribution in [2.24, 2.45) is 0 Å². The molecule has 1 heterocycles. The molecule has 0 atom stereocenters. The average Bonchev–Trinajstić information content (AvgIpc) is 3.02. The van der Waals surface area contributed by atoms with Gasteiger partial charge in [0, 0.05) is 17.1 Å². The number of aromatic carboxylic acids is 1. The molecule has 2 N–H and O–H groups in total. The fourth-order valence-electron chi connectivity index (χ4n) is 3.55. The van der Waals surface area contributed by atoms with Gasteiger partial charge in [0.2, 0.25) is 0 Å². The molecular formula is C25H23NO4. The average molecular weight is 401 g/mol. The predicted octanol–water partition coefficient (Wildman–Crippen LogP) is 6.12. The highest BCUT2D eigenvalue weighted by Gasteiger charge is 2.25. The molecule has 5 heteroatoms. The summed E-state index contributed by atoms with van der Waals surface area (Å²) in [4.78, 5) is 12.3. The van der Waals surface area contributed by atoms with Crippen molar-refractivity contribution in [3.63, 3.8) is 0 Å². The minimum absolute atomic E-state index is 0.00348. The van der Waals surface area contributed by atoms with Crippen molar-refractivity contribution >= 4 is 16.9 Å². The van der Waals surface area contributed by atoms with E-state index >= 15 is 0 Å². The van der Waals surface area contributed by atoms with E-state index in [9.17, 15) is 15.0 Å². The highest BCUT2D eigenvalue weighted by atomic mass is 16.5. The number of carboxylic acid groups (broad SMARTS) is 1. The summed E-state index contributed by atoms with van der Waals surface area (Å²) in [6.07, 6.45) is 0. The first kappa shape index (κ1) is 19.6. The molecule has 3 aromatic carbocycles. The van der Waals surface area contributed by atoms with Crippen LogP contribution in [0.1, 0.15) is 36.8 Å². The first-order valence-electron chi connectivity index (χ1n) is 9.70. The van der Waals surface area contributed by atoms with Gasteiger partial charge in [0.15, 0.2) is 11.4 Å². The number of phenolic OH excluding ortho intramolecular Hbond substituents is 1. The maximum Gasteiger partial charge on any atom is 0.356 e.